The summed E-state index contributed by atoms with van der Waals surface area (Å²) in [5.41, 5.74) is 0.00304. The number of hydrogen-bond acceptors (Lipinski definition) is 4. The van der Waals surface area contributed by atoms with E-state index in [0.717, 1.165) is 6.54 Å². The molecular weight excluding hydrogens is 232 g/mol. The topological polar surface area (TPSA) is 61.3 Å². The highest BCUT2D eigenvalue weighted by Crippen LogP contribution is 2.31. The lowest BCUT2D eigenvalue weighted by Gasteiger charge is -2.27. The Hall–Kier alpha value is -1.72. The summed E-state index contributed by atoms with van der Waals surface area (Å²) in [7, 11) is 3.56. The van der Waals surface area contributed by atoms with Crippen LogP contribution in [0.1, 0.15) is 20.8 Å². The molecule has 100 valence electrons. The Morgan fingerprint density at radius 3 is 2.39 bits per heavy atom. The summed E-state index contributed by atoms with van der Waals surface area (Å²) in [6.45, 7) is 7.78. The van der Waals surface area contributed by atoms with Gasteiger partial charge in [0.1, 0.15) is 11.5 Å². The van der Waals surface area contributed by atoms with Gasteiger partial charge in [-0.2, -0.15) is 0 Å². The molecule has 1 N–H and O–H groups in total. The van der Waals surface area contributed by atoms with Crippen LogP contribution >= 0.6 is 0 Å². The first-order valence-electron chi connectivity index (χ1n) is 6.00. The number of nitrogens with one attached hydrogen (secondary N) is 1. The monoisotopic (exact) mass is 252 g/mol. The van der Waals surface area contributed by atoms with Crippen molar-refractivity contribution in [2.75, 3.05) is 30.1 Å². The van der Waals surface area contributed by atoms with Crippen LogP contribution in [0.15, 0.2) is 9.59 Å². The molecule has 0 radical (unpaired) electrons. The van der Waals surface area contributed by atoms with E-state index in [4.69, 9.17) is 0 Å². The van der Waals surface area contributed by atoms with E-state index in [2.05, 4.69) is 25.8 Å². The molecule has 6 heteroatoms. The van der Waals surface area contributed by atoms with Crippen molar-refractivity contribution in [2.24, 2.45) is 12.5 Å². The highest BCUT2D eigenvalue weighted by atomic mass is 16.2. The van der Waals surface area contributed by atoms with Gasteiger partial charge in [-0.15, -0.1) is 0 Å². The zero-order valence-electron chi connectivity index (χ0n) is 11.6. The summed E-state index contributed by atoms with van der Waals surface area (Å²) in [4.78, 5) is 29.9. The molecule has 0 aliphatic carbocycles. The smallest absolute Gasteiger partial charge is 0.329 e. The second kappa shape index (κ2) is 3.90. The SMILES string of the molecule is CN1CN(CC(C)(C)C)c2c1n(C)c(=O)[nH]c2=O. The molecule has 0 saturated carbocycles. The van der Waals surface area contributed by atoms with Crippen molar-refractivity contribution in [3.05, 3.63) is 20.8 Å². The van der Waals surface area contributed by atoms with Crippen molar-refractivity contribution in [2.45, 2.75) is 20.8 Å². The minimum Gasteiger partial charge on any atom is -0.346 e. The van der Waals surface area contributed by atoms with E-state index < -0.39 is 0 Å². The van der Waals surface area contributed by atoms with E-state index in [1.54, 1.807) is 7.05 Å². The van der Waals surface area contributed by atoms with Crippen molar-refractivity contribution < 1.29 is 0 Å². The van der Waals surface area contributed by atoms with Crippen LogP contribution in [0.2, 0.25) is 0 Å². The Balaban J connectivity index is 2.57. The number of nitrogens with zero attached hydrogens (tertiary/aromatic N) is 3. The summed E-state index contributed by atoms with van der Waals surface area (Å²) >= 11 is 0. The van der Waals surface area contributed by atoms with Crippen LogP contribution in [0.3, 0.4) is 0 Å². The van der Waals surface area contributed by atoms with Crippen molar-refractivity contribution in [3.63, 3.8) is 0 Å². The molecule has 6 nitrogen and oxygen atoms in total. The van der Waals surface area contributed by atoms with Gasteiger partial charge in [-0.05, 0) is 5.41 Å². The average Bonchev–Trinajstić information content (AvgIpc) is 2.49. The largest absolute Gasteiger partial charge is 0.346 e. The number of fused-ring (bicyclic) bond motifs is 1. The van der Waals surface area contributed by atoms with Gasteiger partial charge < -0.3 is 9.80 Å². The first kappa shape index (κ1) is 12.7. The number of aromatic nitrogens is 2. The van der Waals surface area contributed by atoms with Gasteiger partial charge in [-0.25, -0.2) is 4.79 Å². The van der Waals surface area contributed by atoms with Crippen LogP contribution in [-0.4, -0.2) is 29.8 Å². The Bertz CT molecular complexity index is 579. The first-order chi connectivity index (χ1) is 8.20. The lowest BCUT2D eigenvalue weighted by Crippen LogP contribution is -2.37. The van der Waals surface area contributed by atoms with Gasteiger partial charge in [0, 0.05) is 20.6 Å². The van der Waals surface area contributed by atoms with E-state index in [-0.39, 0.29) is 16.7 Å². The molecule has 0 atom stereocenters. The number of aromatic amines is 1. The van der Waals surface area contributed by atoms with Gasteiger partial charge in [-0.3, -0.25) is 14.3 Å². The van der Waals surface area contributed by atoms with Gasteiger partial charge in [0.2, 0.25) is 0 Å². The third-order valence-electron chi connectivity index (χ3n) is 3.00. The van der Waals surface area contributed by atoms with Gasteiger partial charge in [-0.1, -0.05) is 20.8 Å². The molecule has 18 heavy (non-hydrogen) atoms. The van der Waals surface area contributed by atoms with Gasteiger partial charge in [0.05, 0.1) is 6.67 Å². The Morgan fingerprint density at radius 2 is 1.83 bits per heavy atom. The van der Waals surface area contributed by atoms with Gasteiger partial charge in [0.25, 0.3) is 5.56 Å². The molecule has 0 unspecified atom stereocenters. The fourth-order valence-corrected chi connectivity index (χ4v) is 2.41. The van der Waals surface area contributed by atoms with Gasteiger partial charge >= 0.3 is 5.69 Å². The van der Waals surface area contributed by atoms with Crippen LogP contribution in [-0.2, 0) is 7.05 Å². The standard InChI is InChI=1S/C12H20N4O2/c1-12(2,3)6-16-7-14(4)10-8(16)9(17)13-11(18)15(10)5/h6-7H2,1-5H3,(H,13,17,18). The first-order valence-corrected chi connectivity index (χ1v) is 6.00. The maximum atomic E-state index is 12.0. The molecule has 0 spiro atoms. The maximum Gasteiger partial charge on any atom is 0.329 e. The van der Waals surface area contributed by atoms with Crippen LogP contribution in [0.25, 0.3) is 0 Å². The van der Waals surface area contributed by atoms with Crippen molar-refractivity contribution >= 4 is 11.5 Å². The third kappa shape index (κ3) is 2.02. The maximum absolute atomic E-state index is 12.0. The number of hydrogen-bond donors (Lipinski definition) is 1. The summed E-state index contributed by atoms with van der Waals surface area (Å²) in [6.07, 6.45) is 0. The summed E-state index contributed by atoms with van der Waals surface area (Å²) in [6, 6.07) is 0. The zero-order valence-corrected chi connectivity index (χ0v) is 11.6. The third-order valence-corrected chi connectivity index (χ3v) is 3.00. The van der Waals surface area contributed by atoms with Gasteiger partial charge in [0.15, 0.2) is 0 Å². The predicted molar refractivity (Wildman–Crippen MR) is 72.4 cm³/mol. The van der Waals surface area contributed by atoms with Crippen molar-refractivity contribution in [3.8, 4) is 0 Å². The molecule has 2 heterocycles. The molecule has 0 aromatic carbocycles. The van der Waals surface area contributed by atoms with E-state index in [1.807, 2.05) is 16.8 Å². The van der Waals surface area contributed by atoms with Crippen LogP contribution < -0.4 is 21.0 Å². The molecule has 0 bridgehead atoms. The van der Waals surface area contributed by atoms with E-state index in [9.17, 15) is 9.59 Å². The van der Waals surface area contributed by atoms with Crippen molar-refractivity contribution in [1.82, 2.24) is 9.55 Å². The van der Waals surface area contributed by atoms with E-state index in [1.165, 1.54) is 4.57 Å². The average molecular weight is 252 g/mol. The fourth-order valence-electron chi connectivity index (χ4n) is 2.41. The molecule has 1 aromatic heterocycles. The quantitative estimate of drug-likeness (QED) is 0.782. The molecule has 1 aromatic rings. The summed E-state index contributed by atoms with van der Waals surface area (Å²) < 4.78 is 1.49. The minimum absolute atomic E-state index is 0.0869. The molecule has 1 aliphatic rings. The summed E-state index contributed by atoms with van der Waals surface area (Å²) in [5.74, 6) is 0.688. The second-order valence-electron chi connectivity index (χ2n) is 6.09. The van der Waals surface area contributed by atoms with E-state index >= 15 is 0 Å². The minimum atomic E-state index is -0.372. The Labute approximate surface area is 106 Å². The van der Waals surface area contributed by atoms with Crippen LogP contribution in [0, 0.1) is 5.41 Å². The Kier molecular flexibility index (Phi) is 2.76. The van der Waals surface area contributed by atoms with Crippen LogP contribution in [0.4, 0.5) is 11.5 Å². The second-order valence-corrected chi connectivity index (χ2v) is 6.09. The zero-order chi connectivity index (χ0) is 13.7. The molecule has 0 fully saturated rings. The highest BCUT2D eigenvalue weighted by molar-refractivity contribution is 5.71. The lowest BCUT2D eigenvalue weighted by molar-refractivity contribution is 0.413. The number of anilines is 2. The van der Waals surface area contributed by atoms with Crippen molar-refractivity contribution in [1.29, 1.82) is 0 Å². The van der Waals surface area contributed by atoms with E-state index in [0.29, 0.717) is 18.2 Å². The number of H-pyrrole nitrogens is 1. The predicted octanol–water partition coefficient (Wildman–Crippen LogP) is 0.333. The molecule has 2 rings (SSSR count). The molecular formula is C12H20N4O2. The lowest BCUT2D eigenvalue weighted by atomic mass is 9.96. The molecule has 1 aliphatic heterocycles. The Morgan fingerprint density at radius 1 is 1.22 bits per heavy atom. The van der Waals surface area contributed by atoms with Crippen LogP contribution in [0.5, 0.6) is 0 Å². The molecule has 0 amide bonds. The normalized spacial score (nSPS) is 15.2. The summed E-state index contributed by atoms with van der Waals surface area (Å²) in [5, 5.41) is 0. The fraction of sp³-hybridized carbons (Fsp3) is 0.667. The number of rotatable bonds is 1. The molecule has 0 saturated heterocycles. The highest BCUT2D eigenvalue weighted by Gasteiger charge is 2.31.